The van der Waals surface area contributed by atoms with E-state index in [0.717, 1.165) is 25.1 Å². The van der Waals surface area contributed by atoms with Crippen molar-refractivity contribution >= 4 is 5.91 Å². The number of hydrogen-bond donors (Lipinski definition) is 0. The average Bonchev–Trinajstić information content (AvgIpc) is 2.45. The van der Waals surface area contributed by atoms with Gasteiger partial charge in [-0.1, -0.05) is 6.92 Å². The smallest absolute Gasteiger partial charge is 0.257 e. The zero-order valence-electron chi connectivity index (χ0n) is 11.3. The monoisotopic (exact) mass is 286 g/mol. The van der Waals surface area contributed by atoms with E-state index in [1.165, 1.54) is 4.90 Å². The Kier molecular flexibility index (Phi) is 4.65. The summed E-state index contributed by atoms with van der Waals surface area (Å²) < 4.78 is 39.6. The molecule has 110 valence electrons. The molecule has 1 saturated heterocycles. The zero-order valence-corrected chi connectivity index (χ0v) is 11.3. The Morgan fingerprint density at radius 3 is 2.35 bits per heavy atom. The minimum Gasteiger partial charge on any atom is -0.336 e. The summed E-state index contributed by atoms with van der Waals surface area (Å²) in [6, 6.07) is 1.77. The predicted molar refractivity (Wildman–Crippen MR) is 69.0 cm³/mol. The summed E-state index contributed by atoms with van der Waals surface area (Å²) in [6.45, 7) is 5.40. The van der Waals surface area contributed by atoms with Gasteiger partial charge >= 0.3 is 0 Å². The fourth-order valence-corrected chi connectivity index (χ4v) is 2.35. The lowest BCUT2D eigenvalue weighted by atomic mass is 10.1. The second-order valence-corrected chi connectivity index (χ2v) is 4.86. The Balaban J connectivity index is 2.08. The standard InChI is InChI=1S/C14H17F3N2O/c1-2-5-18-6-8-19(9-7-18)14(20)10-3-4-11(15)13(17)12(10)16/h3-4H,2,5-9H2,1H3. The van der Waals surface area contributed by atoms with E-state index in [-0.39, 0.29) is 0 Å². The SMILES string of the molecule is CCCN1CCN(C(=O)c2ccc(F)c(F)c2F)CC1. The minimum absolute atomic E-state index is 0.409. The molecule has 3 nitrogen and oxygen atoms in total. The second kappa shape index (κ2) is 6.26. The summed E-state index contributed by atoms with van der Waals surface area (Å²) in [5.41, 5.74) is -0.409. The first-order chi connectivity index (χ1) is 9.54. The number of nitrogens with zero attached hydrogens (tertiary/aromatic N) is 2. The topological polar surface area (TPSA) is 23.6 Å². The van der Waals surface area contributed by atoms with E-state index in [4.69, 9.17) is 0 Å². The van der Waals surface area contributed by atoms with Gasteiger partial charge in [0.25, 0.3) is 5.91 Å². The third-order valence-electron chi connectivity index (χ3n) is 3.46. The summed E-state index contributed by atoms with van der Waals surface area (Å²) in [5, 5.41) is 0. The van der Waals surface area contributed by atoms with Crippen molar-refractivity contribution in [3.8, 4) is 0 Å². The number of piperazine rings is 1. The van der Waals surface area contributed by atoms with Crippen LogP contribution >= 0.6 is 0 Å². The van der Waals surface area contributed by atoms with E-state index in [1.807, 2.05) is 0 Å². The van der Waals surface area contributed by atoms with Gasteiger partial charge in [0.2, 0.25) is 0 Å². The van der Waals surface area contributed by atoms with Crippen molar-refractivity contribution in [1.29, 1.82) is 0 Å². The van der Waals surface area contributed by atoms with Gasteiger partial charge in [0, 0.05) is 26.2 Å². The maximum atomic E-state index is 13.6. The molecule has 0 aliphatic carbocycles. The molecule has 1 fully saturated rings. The molecule has 6 heteroatoms. The molecule has 1 aliphatic rings. The molecule has 0 spiro atoms. The normalized spacial score (nSPS) is 16.5. The lowest BCUT2D eigenvalue weighted by molar-refractivity contribution is 0.0631. The molecular weight excluding hydrogens is 269 g/mol. The van der Waals surface area contributed by atoms with Gasteiger partial charge < -0.3 is 4.90 Å². The fraction of sp³-hybridized carbons (Fsp3) is 0.500. The molecule has 1 amide bonds. The summed E-state index contributed by atoms with van der Waals surface area (Å²) >= 11 is 0. The number of hydrogen-bond acceptors (Lipinski definition) is 2. The van der Waals surface area contributed by atoms with Crippen LogP contribution < -0.4 is 0 Å². The molecule has 0 bridgehead atoms. The highest BCUT2D eigenvalue weighted by atomic mass is 19.2. The lowest BCUT2D eigenvalue weighted by Gasteiger charge is -2.34. The van der Waals surface area contributed by atoms with Crippen molar-refractivity contribution in [2.45, 2.75) is 13.3 Å². The van der Waals surface area contributed by atoms with Gasteiger partial charge in [-0.3, -0.25) is 9.69 Å². The fourth-order valence-electron chi connectivity index (χ4n) is 2.35. The first-order valence-electron chi connectivity index (χ1n) is 6.69. The van der Waals surface area contributed by atoms with Crippen molar-refractivity contribution in [3.63, 3.8) is 0 Å². The largest absolute Gasteiger partial charge is 0.336 e. The zero-order chi connectivity index (χ0) is 14.7. The first-order valence-corrected chi connectivity index (χ1v) is 6.69. The lowest BCUT2D eigenvalue weighted by Crippen LogP contribution is -2.49. The van der Waals surface area contributed by atoms with E-state index in [2.05, 4.69) is 11.8 Å². The molecule has 0 saturated carbocycles. The minimum atomic E-state index is -1.60. The highest BCUT2D eigenvalue weighted by molar-refractivity contribution is 5.94. The molecule has 1 aliphatic heterocycles. The van der Waals surface area contributed by atoms with Gasteiger partial charge in [-0.15, -0.1) is 0 Å². The molecular formula is C14H17F3N2O. The molecule has 0 N–H and O–H groups in total. The second-order valence-electron chi connectivity index (χ2n) is 4.86. The number of carbonyl (C=O) groups is 1. The average molecular weight is 286 g/mol. The van der Waals surface area contributed by atoms with Crippen molar-refractivity contribution in [2.24, 2.45) is 0 Å². The van der Waals surface area contributed by atoms with Crippen LogP contribution in [0.1, 0.15) is 23.7 Å². The third-order valence-corrected chi connectivity index (χ3v) is 3.46. The van der Waals surface area contributed by atoms with Crippen LogP contribution in [0.5, 0.6) is 0 Å². The van der Waals surface area contributed by atoms with Crippen molar-refractivity contribution in [1.82, 2.24) is 9.80 Å². The number of benzene rings is 1. The van der Waals surface area contributed by atoms with Gasteiger partial charge in [0.1, 0.15) is 0 Å². The maximum absolute atomic E-state index is 13.6. The van der Waals surface area contributed by atoms with Crippen LogP contribution in [-0.2, 0) is 0 Å². The first kappa shape index (κ1) is 14.8. The van der Waals surface area contributed by atoms with Gasteiger partial charge in [-0.25, -0.2) is 13.2 Å². The highest BCUT2D eigenvalue weighted by Crippen LogP contribution is 2.17. The van der Waals surface area contributed by atoms with E-state index >= 15 is 0 Å². The Labute approximate surface area is 116 Å². The van der Waals surface area contributed by atoms with Gasteiger partial charge in [0.15, 0.2) is 17.5 Å². The number of rotatable bonds is 3. The molecule has 1 aromatic rings. The molecule has 20 heavy (non-hydrogen) atoms. The van der Waals surface area contributed by atoms with Crippen LogP contribution in [0.3, 0.4) is 0 Å². The quantitative estimate of drug-likeness (QED) is 0.796. The third kappa shape index (κ3) is 2.95. The summed E-state index contributed by atoms with van der Waals surface area (Å²) in [5.74, 6) is -4.88. The summed E-state index contributed by atoms with van der Waals surface area (Å²) in [7, 11) is 0. The van der Waals surface area contributed by atoms with Gasteiger partial charge in [-0.2, -0.15) is 0 Å². The van der Waals surface area contributed by atoms with Crippen molar-refractivity contribution < 1.29 is 18.0 Å². The van der Waals surface area contributed by atoms with Crippen LogP contribution in [0.15, 0.2) is 12.1 Å². The maximum Gasteiger partial charge on any atom is 0.257 e. The Hall–Kier alpha value is -1.56. The van der Waals surface area contributed by atoms with Crippen LogP contribution in [0.4, 0.5) is 13.2 Å². The predicted octanol–water partition coefficient (Wildman–Crippen LogP) is 2.27. The summed E-state index contributed by atoms with van der Waals surface area (Å²) in [4.78, 5) is 15.8. The van der Waals surface area contributed by atoms with Crippen LogP contribution in [0.25, 0.3) is 0 Å². The molecule has 0 atom stereocenters. The van der Waals surface area contributed by atoms with Crippen LogP contribution in [-0.4, -0.2) is 48.4 Å². The Morgan fingerprint density at radius 1 is 1.10 bits per heavy atom. The number of carbonyl (C=O) groups excluding carboxylic acids is 1. The highest BCUT2D eigenvalue weighted by Gasteiger charge is 2.26. The van der Waals surface area contributed by atoms with E-state index in [0.29, 0.717) is 26.2 Å². The van der Waals surface area contributed by atoms with Gasteiger partial charge in [-0.05, 0) is 25.1 Å². The summed E-state index contributed by atoms with van der Waals surface area (Å²) in [6.07, 6.45) is 1.03. The Morgan fingerprint density at radius 2 is 1.75 bits per heavy atom. The molecule has 0 aromatic heterocycles. The van der Waals surface area contributed by atoms with Crippen LogP contribution in [0.2, 0.25) is 0 Å². The molecule has 1 heterocycles. The van der Waals surface area contributed by atoms with Gasteiger partial charge in [0.05, 0.1) is 5.56 Å². The van der Waals surface area contributed by atoms with E-state index in [1.54, 1.807) is 0 Å². The van der Waals surface area contributed by atoms with Crippen molar-refractivity contribution in [3.05, 3.63) is 35.1 Å². The molecule has 2 rings (SSSR count). The van der Waals surface area contributed by atoms with E-state index < -0.39 is 28.9 Å². The Bertz CT molecular complexity index is 499. The molecule has 0 radical (unpaired) electrons. The number of halogens is 3. The molecule has 1 aromatic carbocycles. The number of amides is 1. The van der Waals surface area contributed by atoms with Crippen molar-refractivity contribution in [2.75, 3.05) is 32.7 Å². The molecule has 0 unspecified atom stereocenters. The van der Waals surface area contributed by atoms with Crippen LogP contribution in [0, 0.1) is 17.5 Å². The van der Waals surface area contributed by atoms with E-state index in [9.17, 15) is 18.0 Å².